The molecule has 0 aliphatic carbocycles. The highest BCUT2D eigenvalue weighted by molar-refractivity contribution is 5.86. The van der Waals surface area contributed by atoms with Crippen molar-refractivity contribution < 1.29 is 14.3 Å². The Morgan fingerprint density at radius 2 is 1.69 bits per heavy atom. The zero-order valence-corrected chi connectivity index (χ0v) is 19.8. The molecule has 180 valence electrons. The summed E-state index contributed by atoms with van der Waals surface area (Å²) in [4.78, 5) is 17.4. The Balaban J connectivity index is 1.56. The SMILES string of the molecule is COc1cc(C(Nc2ccc(C#N)cc2)C(=O)NCc2ccccc2)ccc1OCc1ccncc1. The van der Waals surface area contributed by atoms with Crippen LogP contribution < -0.4 is 20.1 Å². The van der Waals surface area contributed by atoms with Gasteiger partial charge in [-0.3, -0.25) is 9.78 Å². The molecule has 7 heteroatoms. The number of rotatable bonds is 10. The molecule has 7 nitrogen and oxygen atoms in total. The van der Waals surface area contributed by atoms with E-state index in [0.717, 1.165) is 11.1 Å². The smallest absolute Gasteiger partial charge is 0.247 e. The van der Waals surface area contributed by atoms with E-state index in [1.54, 1.807) is 55.9 Å². The minimum Gasteiger partial charge on any atom is -0.493 e. The number of aromatic nitrogens is 1. The first-order valence-corrected chi connectivity index (χ1v) is 11.4. The van der Waals surface area contributed by atoms with Gasteiger partial charge in [-0.25, -0.2) is 0 Å². The van der Waals surface area contributed by atoms with E-state index in [1.807, 2.05) is 48.5 Å². The van der Waals surface area contributed by atoms with Gasteiger partial charge in [-0.05, 0) is 65.2 Å². The largest absolute Gasteiger partial charge is 0.493 e. The molecule has 1 amide bonds. The first kappa shape index (κ1) is 24.3. The molecule has 0 saturated heterocycles. The summed E-state index contributed by atoms with van der Waals surface area (Å²) in [5.41, 5.74) is 3.95. The fourth-order valence-electron chi connectivity index (χ4n) is 3.62. The standard InChI is InChI=1S/C29H26N4O3/c1-35-27-17-24(9-12-26(27)36-20-23-13-15-31-16-14-23)28(33-25-10-7-21(18-30)8-11-25)29(34)32-19-22-5-3-2-4-6-22/h2-17,28,33H,19-20H2,1H3,(H,32,34). The number of carbonyl (C=O) groups is 1. The zero-order valence-electron chi connectivity index (χ0n) is 19.8. The van der Waals surface area contributed by atoms with Gasteiger partial charge < -0.3 is 20.1 Å². The summed E-state index contributed by atoms with van der Waals surface area (Å²) in [5.74, 6) is 0.889. The number of nitriles is 1. The molecule has 0 saturated carbocycles. The lowest BCUT2D eigenvalue weighted by Gasteiger charge is -2.21. The van der Waals surface area contributed by atoms with Gasteiger partial charge in [0, 0.05) is 24.6 Å². The lowest BCUT2D eigenvalue weighted by molar-refractivity contribution is -0.122. The van der Waals surface area contributed by atoms with Gasteiger partial charge in [0.05, 0.1) is 18.7 Å². The minimum absolute atomic E-state index is 0.198. The van der Waals surface area contributed by atoms with Crippen molar-refractivity contribution in [2.75, 3.05) is 12.4 Å². The molecule has 0 spiro atoms. The third-order valence-electron chi connectivity index (χ3n) is 5.56. The predicted molar refractivity (Wildman–Crippen MR) is 137 cm³/mol. The van der Waals surface area contributed by atoms with E-state index >= 15 is 0 Å². The molecule has 36 heavy (non-hydrogen) atoms. The maximum Gasteiger partial charge on any atom is 0.247 e. The fourth-order valence-corrected chi connectivity index (χ4v) is 3.62. The van der Waals surface area contributed by atoms with E-state index in [-0.39, 0.29) is 5.91 Å². The third kappa shape index (κ3) is 6.39. The molecule has 0 bridgehead atoms. The van der Waals surface area contributed by atoms with Gasteiger partial charge in [-0.1, -0.05) is 36.4 Å². The van der Waals surface area contributed by atoms with E-state index in [0.29, 0.717) is 41.5 Å². The van der Waals surface area contributed by atoms with E-state index in [1.165, 1.54) is 0 Å². The van der Waals surface area contributed by atoms with Crippen molar-refractivity contribution in [2.45, 2.75) is 19.2 Å². The minimum atomic E-state index is -0.704. The van der Waals surface area contributed by atoms with E-state index in [2.05, 4.69) is 21.7 Å². The zero-order chi connectivity index (χ0) is 25.2. The number of amides is 1. The number of benzene rings is 3. The molecular formula is C29H26N4O3. The maximum absolute atomic E-state index is 13.3. The van der Waals surface area contributed by atoms with Crippen LogP contribution in [0.2, 0.25) is 0 Å². The Labute approximate surface area is 210 Å². The van der Waals surface area contributed by atoms with Crippen LogP contribution in [-0.2, 0) is 17.9 Å². The molecule has 2 N–H and O–H groups in total. The average Bonchev–Trinajstić information content (AvgIpc) is 2.95. The van der Waals surface area contributed by atoms with Crippen LogP contribution in [-0.4, -0.2) is 18.0 Å². The van der Waals surface area contributed by atoms with Gasteiger partial charge >= 0.3 is 0 Å². The first-order valence-electron chi connectivity index (χ1n) is 11.4. The highest BCUT2D eigenvalue weighted by Crippen LogP contribution is 2.32. The second kappa shape index (κ2) is 12.0. The van der Waals surface area contributed by atoms with Crippen molar-refractivity contribution in [1.29, 1.82) is 5.26 Å². The third-order valence-corrected chi connectivity index (χ3v) is 5.56. The summed E-state index contributed by atoms with van der Waals surface area (Å²) in [7, 11) is 1.57. The second-order valence-electron chi connectivity index (χ2n) is 8.02. The van der Waals surface area contributed by atoms with Crippen molar-refractivity contribution in [2.24, 2.45) is 0 Å². The lowest BCUT2D eigenvalue weighted by atomic mass is 10.0. The number of pyridine rings is 1. The van der Waals surface area contributed by atoms with Crippen molar-refractivity contribution in [3.8, 4) is 17.6 Å². The van der Waals surface area contributed by atoms with Crippen molar-refractivity contribution >= 4 is 11.6 Å². The number of carbonyl (C=O) groups excluding carboxylic acids is 1. The summed E-state index contributed by atoms with van der Waals surface area (Å²) >= 11 is 0. The number of ether oxygens (including phenoxy) is 2. The highest BCUT2D eigenvalue weighted by Gasteiger charge is 2.22. The first-order chi connectivity index (χ1) is 17.7. The Kier molecular flexibility index (Phi) is 8.13. The maximum atomic E-state index is 13.3. The van der Waals surface area contributed by atoms with Gasteiger partial charge in [0.1, 0.15) is 12.6 Å². The molecule has 0 fully saturated rings. The molecular weight excluding hydrogens is 452 g/mol. The molecule has 4 rings (SSSR count). The summed E-state index contributed by atoms with van der Waals surface area (Å²) in [6, 6.07) is 27.3. The molecule has 1 unspecified atom stereocenters. The normalized spacial score (nSPS) is 11.1. The number of anilines is 1. The second-order valence-corrected chi connectivity index (χ2v) is 8.02. The number of methoxy groups -OCH3 is 1. The number of nitrogens with one attached hydrogen (secondary N) is 2. The van der Waals surface area contributed by atoms with Crippen LogP contribution >= 0.6 is 0 Å². The van der Waals surface area contributed by atoms with Crippen molar-refractivity contribution in [3.05, 3.63) is 120 Å². The van der Waals surface area contributed by atoms with Crippen LogP contribution in [0.5, 0.6) is 11.5 Å². The van der Waals surface area contributed by atoms with E-state index in [4.69, 9.17) is 14.7 Å². The number of nitrogens with zero attached hydrogens (tertiary/aromatic N) is 2. The predicted octanol–water partition coefficient (Wildman–Crippen LogP) is 5.01. The monoisotopic (exact) mass is 478 g/mol. The molecule has 0 aliphatic heterocycles. The van der Waals surface area contributed by atoms with Crippen molar-refractivity contribution in [3.63, 3.8) is 0 Å². The van der Waals surface area contributed by atoms with Gasteiger partial charge in [-0.2, -0.15) is 5.26 Å². The van der Waals surface area contributed by atoms with Gasteiger partial charge in [-0.15, -0.1) is 0 Å². The lowest BCUT2D eigenvalue weighted by Crippen LogP contribution is -2.33. The van der Waals surface area contributed by atoms with Crippen LogP contribution in [0.15, 0.2) is 97.3 Å². The number of hydrogen-bond acceptors (Lipinski definition) is 6. The topological polar surface area (TPSA) is 96.3 Å². The Hall–Kier alpha value is -4.83. The Morgan fingerprint density at radius 1 is 0.944 bits per heavy atom. The quantitative estimate of drug-likeness (QED) is 0.333. The van der Waals surface area contributed by atoms with Crippen LogP contribution in [0.4, 0.5) is 5.69 Å². The van der Waals surface area contributed by atoms with Crippen LogP contribution in [0, 0.1) is 11.3 Å². The number of hydrogen-bond donors (Lipinski definition) is 2. The molecule has 1 atom stereocenters. The average molecular weight is 479 g/mol. The fraction of sp³-hybridized carbons (Fsp3) is 0.138. The van der Waals surface area contributed by atoms with Crippen molar-refractivity contribution in [1.82, 2.24) is 10.3 Å². The highest BCUT2D eigenvalue weighted by atomic mass is 16.5. The molecule has 0 aliphatic rings. The van der Waals surface area contributed by atoms with Crippen LogP contribution in [0.3, 0.4) is 0 Å². The molecule has 1 heterocycles. The van der Waals surface area contributed by atoms with Gasteiger partial charge in [0.25, 0.3) is 0 Å². The summed E-state index contributed by atoms with van der Waals surface area (Å²) in [5, 5.41) is 15.4. The summed E-state index contributed by atoms with van der Waals surface area (Å²) in [6.45, 7) is 0.762. The Bertz CT molecular complexity index is 1320. The summed E-state index contributed by atoms with van der Waals surface area (Å²) < 4.78 is 11.5. The van der Waals surface area contributed by atoms with Crippen LogP contribution in [0.1, 0.15) is 28.3 Å². The molecule has 0 radical (unpaired) electrons. The molecule has 3 aromatic carbocycles. The van der Waals surface area contributed by atoms with E-state index < -0.39 is 6.04 Å². The van der Waals surface area contributed by atoms with Gasteiger partial charge in [0.2, 0.25) is 5.91 Å². The van der Waals surface area contributed by atoms with Crippen LogP contribution in [0.25, 0.3) is 0 Å². The van der Waals surface area contributed by atoms with E-state index in [9.17, 15) is 4.79 Å². The van der Waals surface area contributed by atoms with Gasteiger partial charge in [0.15, 0.2) is 11.5 Å². The summed E-state index contributed by atoms with van der Waals surface area (Å²) in [6.07, 6.45) is 3.43. The molecule has 4 aromatic rings. The molecule has 1 aromatic heterocycles. The Morgan fingerprint density at radius 3 is 2.39 bits per heavy atom.